The van der Waals surface area contributed by atoms with E-state index in [9.17, 15) is 0 Å². The van der Waals surface area contributed by atoms with Crippen LogP contribution in [-0.4, -0.2) is 28.0 Å². The normalized spacial score (nSPS) is 12.3. The van der Waals surface area contributed by atoms with E-state index in [1.165, 1.54) is 27.4 Å². The van der Waals surface area contributed by atoms with Crippen LogP contribution in [-0.2, 0) is 20.1 Å². The minimum absolute atomic E-state index is 0. The van der Waals surface area contributed by atoms with Gasteiger partial charge in [-0.15, -0.1) is 35.9 Å². The Kier molecular flexibility index (Phi) is 13.1. The molecule has 0 aliphatic carbocycles. The van der Waals surface area contributed by atoms with Gasteiger partial charge in [-0.3, -0.25) is 0 Å². The van der Waals surface area contributed by atoms with Crippen molar-refractivity contribution in [3.05, 3.63) is 115 Å². The number of benzene rings is 2. The molecule has 3 aromatic heterocycles. The molecule has 6 heteroatoms. The van der Waals surface area contributed by atoms with Crippen LogP contribution in [0.3, 0.4) is 0 Å². The molecule has 0 bridgehead atoms. The Bertz CT molecular complexity index is 1710. The molecule has 0 aliphatic rings. The average molecular weight is 819 g/mol. The molecule has 5 rings (SSSR count). The van der Waals surface area contributed by atoms with Crippen molar-refractivity contribution in [3.63, 3.8) is 0 Å². The molecular formula is C41H50IrN4Si-2. The van der Waals surface area contributed by atoms with Crippen molar-refractivity contribution in [1.29, 1.82) is 0 Å². The Morgan fingerprint density at radius 2 is 1.32 bits per heavy atom. The second-order valence-corrected chi connectivity index (χ2v) is 19.9. The van der Waals surface area contributed by atoms with Crippen LogP contribution in [0.15, 0.2) is 85.3 Å². The second kappa shape index (κ2) is 16.2. The molecule has 47 heavy (non-hydrogen) atoms. The van der Waals surface area contributed by atoms with E-state index in [0.29, 0.717) is 17.8 Å². The van der Waals surface area contributed by atoms with Crippen molar-refractivity contribution in [3.8, 4) is 33.6 Å². The van der Waals surface area contributed by atoms with Crippen molar-refractivity contribution < 1.29 is 20.1 Å². The van der Waals surface area contributed by atoms with Gasteiger partial charge in [0.15, 0.2) is 0 Å². The molecule has 2 aromatic carbocycles. The molecule has 0 saturated carbocycles. The van der Waals surface area contributed by atoms with Gasteiger partial charge in [0.25, 0.3) is 0 Å². The van der Waals surface area contributed by atoms with Crippen LogP contribution in [0, 0.1) is 17.7 Å². The van der Waals surface area contributed by atoms with Gasteiger partial charge >= 0.3 is 0 Å². The summed E-state index contributed by atoms with van der Waals surface area (Å²) in [6, 6.07) is 26.2. The Hall–Kier alpha value is -3.31. The molecule has 0 saturated heterocycles. The number of rotatable bonds is 7. The van der Waals surface area contributed by atoms with Gasteiger partial charge in [-0.05, 0) is 62.6 Å². The fourth-order valence-corrected chi connectivity index (χ4v) is 6.88. The molecule has 3 heterocycles. The smallest absolute Gasteiger partial charge is 0.0799 e. The first kappa shape index (κ1) is 38.1. The molecule has 1 radical (unpaired) electrons. The summed E-state index contributed by atoms with van der Waals surface area (Å²) in [5.74, 6) is 2.01. The van der Waals surface area contributed by atoms with Crippen LogP contribution in [0.4, 0.5) is 0 Å². The fourth-order valence-electron chi connectivity index (χ4n) is 5.27. The molecule has 1 unspecified atom stereocenters. The maximum absolute atomic E-state index is 4.74. The zero-order valence-corrected chi connectivity index (χ0v) is 33.3. The van der Waals surface area contributed by atoms with Crippen molar-refractivity contribution in [2.24, 2.45) is 5.41 Å². The molecule has 0 N–H and O–H groups in total. The van der Waals surface area contributed by atoms with Gasteiger partial charge in [0, 0.05) is 38.3 Å². The van der Waals surface area contributed by atoms with Crippen molar-refractivity contribution in [2.45, 2.75) is 92.8 Å². The summed E-state index contributed by atoms with van der Waals surface area (Å²) in [6.45, 7) is 25.0. The van der Waals surface area contributed by atoms with Crippen LogP contribution in [0.25, 0.3) is 33.6 Å². The standard InChI is InChI=1S/C21H22N3.C20H28NSi.Ir/c1-14(2)19-13-22-20(10-18(19)16-8-6-5-7-9-16)17-11-23-21(15(3)4)24-12-17;1-15(20(2,3)4)17-13-18(16-11-9-8-10-12-16)21-14-19(17)22(5,6)7;/h5-11,13-15H,1-4H3;8-11,13-15H,1-7H3;/q2*-1;. The quantitative estimate of drug-likeness (QED) is 0.121. The van der Waals surface area contributed by atoms with E-state index in [2.05, 4.69) is 151 Å². The monoisotopic (exact) mass is 819 g/mol. The largest absolute Gasteiger partial charge is 0.338 e. The molecule has 1 atom stereocenters. The van der Waals surface area contributed by atoms with Crippen LogP contribution in [0.2, 0.25) is 19.6 Å². The van der Waals surface area contributed by atoms with E-state index in [0.717, 1.165) is 28.3 Å². The van der Waals surface area contributed by atoms with E-state index in [1.54, 1.807) is 0 Å². The molecule has 0 aliphatic heterocycles. The third kappa shape index (κ3) is 9.85. The fraction of sp³-hybridized carbons (Fsp3) is 0.366. The number of hydrogen-bond donors (Lipinski definition) is 0. The topological polar surface area (TPSA) is 51.6 Å². The summed E-state index contributed by atoms with van der Waals surface area (Å²) in [5.41, 5.74) is 9.15. The van der Waals surface area contributed by atoms with Crippen LogP contribution in [0.1, 0.15) is 90.1 Å². The van der Waals surface area contributed by atoms with Gasteiger partial charge in [0.2, 0.25) is 0 Å². The van der Waals surface area contributed by atoms with Crippen LogP contribution >= 0.6 is 0 Å². The number of pyridine rings is 2. The van der Waals surface area contributed by atoms with E-state index >= 15 is 0 Å². The summed E-state index contributed by atoms with van der Waals surface area (Å²) in [7, 11) is -1.42. The first-order chi connectivity index (χ1) is 21.7. The molecule has 4 nitrogen and oxygen atoms in total. The van der Waals surface area contributed by atoms with Crippen molar-refractivity contribution in [1.82, 2.24) is 19.9 Å². The average Bonchev–Trinajstić information content (AvgIpc) is 3.04. The summed E-state index contributed by atoms with van der Waals surface area (Å²) >= 11 is 0. The second-order valence-electron chi connectivity index (χ2n) is 14.9. The molecule has 5 aromatic rings. The maximum atomic E-state index is 4.74. The van der Waals surface area contributed by atoms with Gasteiger partial charge in [0.05, 0.1) is 8.07 Å². The summed E-state index contributed by atoms with van der Waals surface area (Å²) in [5, 5.41) is 1.48. The molecule has 0 fully saturated rings. The Morgan fingerprint density at radius 3 is 1.85 bits per heavy atom. The Morgan fingerprint density at radius 1 is 0.681 bits per heavy atom. The first-order valence-corrected chi connectivity index (χ1v) is 19.9. The van der Waals surface area contributed by atoms with E-state index in [1.807, 2.05) is 36.7 Å². The third-order valence-corrected chi connectivity index (χ3v) is 10.6. The minimum Gasteiger partial charge on any atom is -0.338 e. The molecule has 249 valence electrons. The number of hydrogen-bond acceptors (Lipinski definition) is 4. The van der Waals surface area contributed by atoms with Crippen molar-refractivity contribution >= 4 is 13.3 Å². The van der Waals surface area contributed by atoms with E-state index in [4.69, 9.17) is 4.98 Å². The molecule has 0 amide bonds. The molecular weight excluding hydrogens is 769 g/mol. The van der Waals surface area contributed by atoms with E-state index in [-0.39, 0.29) is 25.5 Å². The van der Waals surface area contributed by atoms with Crippen LogP contribution in [0.5, 0.6) is 0 Å². The predicted octanol–water partition coefficient (Wildman–Crippen LogP) is 10.5. The summed E-state index contributed by atoms with van der Waals surface area (Å²) in [6.07, 6.45) is 8.99. The zero-order valence-electron chi connectivity index (χ0n) is 29.9. The Balaban J connectivity index is 0.000000251. The summed E-state index contributed by atoms with van der Waals surface area (Å²) < 4.78 is 0. The third-order valence-electron chi connectivity index (χ3n) is 8.55. The predicted molar refractivity (Wildman–Crippen MR) is 197 cm³/mol. The summed E-state index contributed by atoms with van der Waals surface area (Å²) in [4.78, 5) is 18.1. The molecule has 0 spiro atoms. The Labute approximate surface area is 298 Å². The maximum Gasteiger partial charge on any atom is 0.0799 e. The van der Waals surface area contributed by atoms with Gasteiger partial charge < -0.3 is 19.9 Å². The van der Waals surface area contributed by atoms with Crippen LogP contribution < -0.4 is 5.19 Å². The van der Waals surface area contributed by atoms with Gasteiger partial charge in [-0.25, -0.2) is 0 Å². The number of nitrogens with zero attached hydrogens (tertiary/aromatic N) is 4. The zero-order chi connectivity index (χ0) is 33.6. The van der Waals surface area contributed by atoms with Gasteiger partial charge in [-0.1, -0.05) is 135 Å². The van der Waals surface area contributed by atoms with Gasteiger partial charge in [0.1, 0.15) is 0 Å². The first-order valence-electron chi connectivity index (χ1n) is 16.4. The van der Waals surface area contributed by atoms with Gasteiger partial charge in [-0.2, -0.15) is 0 Å². The SMILES string of the molecule is CC(C)c1n[c-]c(-c2cc(-c3ccccc3)c(C(C)C)cn2)cn1.CC(c1cc(-c2[c-]cccc2)ncc1[Si](C)(C)C)C(C)(C)C.[Ir]. The number of aromatic nitrogens is 4. The minimum atomic E-state index is -1.42. The van der Waals surface area contributed by atoms with Crippen molar-refractivity contribution in [2.75, 3.05) is 0 Å². The van der Waals surface area contributed by atoms with E-state index < -0.39 is 8.07 Å².